The lowest BCUT2D eigenvalue weighted by molar-refractivity contribution is 0.0992. The molecule has 3 aromatic rings. The van der Waals surface area contributed by atoms with Crippen LogP contribution in [0.4, 0.5) is 11.4 Å². The number of anilines is 2. The van der Waals surface area contributed by atoms with Crippen LogP contribution in [0, 0.1) is 0 Å². The number of hydrogen-bond acceptors (Lipinski definition) is 4. The Labute approximate surface area is 190 Å². The van der Waals surface area contributed by atoms with Crippen LogP contribution in [0.2, 0.25) is 0 Å². The second-order valence-corrected chi connectivity index (χ2v) is 11.6. The van der Waals surface area contributed by atoms with Gasteiger partial charge in [0.2, 0.25) is 0 Å². The molecule has 0 aliphatic carbocycles. The van der Waals surface area contributed by atoms with Gasteiger partial charge in [-0.2, -0.15) is 0 Å². The van der Waals surface area contributed by atoms with Gasteiger partial charge in [0.25, 0.3) is 0 Å². The van der Waals surface area contributed by atoms with Crippen LogP contribution in [-0.2, 0) is 20.9 Å². The standard InChI is InChI=1S/C25H32N4O2S/c1-17(2)29-16-21(19-6-5-18-8-12-28(3)23(18)15-19)24-22(7-11-26-25(24)29)27-32(4,30)20-9-13-31-14-10-20/h5-7,11,15-17,20H,4,8-10,12-14H2,1-3H3,(H,26,27,30). The average molecular weight is 453 g/mol. The van der Waals surface area contributed by atoms with E-state index >= 15 is 0 Å². The summed E-state index contributed by atoms with van der Waals surface area (Å²) in [5.74, 6) is 4.12. The van der Waals surface area contributed by atoms with E-state index in [0.29, 0.717) is 13.2 Å². The zero-order chi connectivity index (χ0) is 22.5. The maximum atomic E-state index is 13.6. The molecular weight excluding hydrogens is 420 g/mol. The number of nitrogens with one attached hydrogen (secondary N) is 1. The molecular formula is C25H32N4O2S. The van der Waals surface area contributed by atoms with Crippen molar-refractivity contribution in [2.75, 3.05) is 36.4 Å². The lowest BCUT2D eigenvalue weighted by Gasteiger charge is -2.27. The molecule has 0 radical (unpaired) electrons. The van der Waals surface area contributed by atoms with Gasteiger partial charge in [0.05, 0.1) is 11.1 Å². The lowest BCUT2D eigenvalue weighted by atomic mass is 10.0. The minimum atomic E-state index is -2.53. The van der Waals surface area contributed by atoms with Gasteiger partial charge in [-0.15, -0.1) is 0 Å². The molecule has 6 nitrogen and oxygen atoms in total. The molecule has 0 amide bonds. The first-order valence-corrected chi connectivity index (χ1v) is 13.2. The van der Waals surface area contributed by atoms with Crippen molar-refractivity contribution in [2.24, 2.45) is 0 Å². The van der Waals surface area contributed by atoms with E-state index in [2.05, 4.69) is 65.4 Å². The summed E-state index contributed by atoms with van der Waals surface area (Å²) in [6.45, 7) is 6.65. The van der Waals surface area contributed by atoms with E-state index in [1.165, 1.54) is 11.3 Å². The molecule has 1 fully saturated rings. The van der Waals surface area contributed by atoms with Crippen molar-refractivity contribution < 1.29 is 8.95 Å². The number of likely N-dealkylation sites (N-methyl/N-ethyl adjacent to an activating group) is 1. The molecule has 0 bridgehead atoms. The molecule has 0 saturated carbocycles. The normalized spacial score (nSPS) is 18.8. The third-order valence-electron chi connectivity index (χ3n) is 6.78. The fourth-order valence-corrected chi connectivity index (χ4v) is 6.57. The Balaban J connectivity index is 1.65. The number of pyridine rings is 1. The van der Waals surface area contributed by atoms with Gasteiger partial charge in [0.15, 0.2) is 0 Å². The van der Waals surface area contributed by atoms with Gasteiger partial charge < -0.3 is 18.9 Å². The van der Waals surface area contributed by atoms with Crippen LogP contribution in [0.5, 0.6) is 0 Å². The van der Waals surface area contributed by atoms with Crippen LogP contribution < -0.4 is 9.62 Å². The summed E-state index contributed by atoms with van der Waals surface area (Å²) in [5, 5.41) is 1.01. The molecule has 1 saturated heterocycles. The van der Waals surface area contributed by atoms with Gasteiger partial charge in [0.1, 0.15) is 5.65 Å². The summed E-state index contributed by atoms with van der Waals surface area (Å²) >= 11 is 0. The van der Waals surface area contributed by atoms with Gasteiger partial charge >= 0.3 is 0 Å². The fraction of sp³-hybridized carbons (Fsp3) is 0.440. The van der Waals surface area contributed by atoms with Crippen LogP contribution in [-0.4, -0.2) is 51.7 Å². The highest BCUT2D eigenvalue weighted by Crippen LogP contribution is 2.39. The molecule has 0 spiro atoms. The molecule has 4 heterocycles. The van der Waals surface area contributed by atoms with Crippen LogP contribution in [0.1, 0.15) is 38.3 Å². The Kier molecular flexibility index (Phi) is 5.42. The third kappa shape index (κ3) is 3.67. The van der Waals surface area contributed by atoms with E-state index in [1.807, 2.05) is 6.07 Å². The predicted octanol–water partition coefficient (Wildman–Crippen LogP) is 4.50. The van der Waals surface area contributed by atoms with Gasteiger partial charge in [-0.25, -0.2) is 9.19 Å². The Morgan fingerprint density at radius 3 is 2.78 bits per heavy atom. The summed E-state index contributed by atoms with van der Waals surface area (Å²) < 4.78 is 24.6. The van der Waals surface area contributed by atoms with Crippen molar-refractivity contribution in [1.82, 2.24) is 9.55 Å². The van der Waals surface area contributed by atoms with Crippen LogP contribution >= 0.6 is 0 Å². The van der Waals surface area contributed by atoms with Crippen molar-refractivity contribution in [1.29, 1.82) is 0 Å². The van der Waals surface area contributed by atoms with Crippen molar-refractivity contribution in [2.45, 2.75) is 44.4 Å². The van der Waals surface area contributed by atoms with Crippen LogP contribution in [0.25, 0.3) is 22.2 Å². The highest BCUT2D eigenvalue weighted by Gasteiger charge is 2.25. The van der Waals surface area contributed by atoms with Gasteiger partial charge in [-0.05, 0) is 62.2 Å². The van der Waals surface area contributed by atoms with E-state index in [-0.39, 0.29) is 11.3 Å². The van der Waals surface area contributed by atoms with Crippen molar-refractivity contribution in [3.05, 3.63) is 42.2 Å². The van der Waals surface area contributed by atoms with E-state index in [9.17, 15) is 4.21 Å². The zero-order valence-corrected chi connectivity index (χ0v) is 20.0. The fourth-order valence-electron chi connectivity index (χ4n) is 4.91. The monoisotopic (exact) mass is 452 g/mol. The average Bonchev–Trinajstić information content (AvgIpc) is 3.36. The predicted molar refractivity (Wildman–Crippen MR) is 135 cm³/mol. The quantitative estimate of drug-likeness (QED) is 0.579. The topological polar surface area (TPSA) is 59.4 Å². The SMILES string of the molecule is C=S(=O)(Nc1ccnc2c1c(-c1ccc3c(c1)N(C)CC3)cn2C(C)C)C1CCOCC1. The number of ether oxygens (including phenoxy) is 1. The summed E-state index contributed by atoms with van der Waals surface area (Å²) in [5.41, 5.74) is 6.67. The molecule has 7 heteroatoms. The van der Waals surface area contributed by atoms with Gasteiger partial charge in [-0.3, -0.25) is 0 Å². The molecule has 1 N–H and O–H groups in total. The number of aromatic nitrogens is 2. The summed E-state index contributed by atoms with van der Waals surface area (Å²) in [4.78, 5) is 7.03. The molecule has 1 atom stereocenters. The summed E-state index contributed by atoms with van der Waals surface area (Å²) in [7, 11) is -0.385. The largest absolute Gasteiger partial charge is 0.381 e. The van der Waals surface area contributed by atoms with E-state index < -0.39 is 9.71 Å². The van der Waals surface area contributed by atoms with Gasteiger partial charge in [-0.1, -0.05) is 12.1 Å². The second kappa shape index (κ2) is 8.12. The lowest BCUT2D eigenvalue weighted by Crippen LogP contribution is -2.33. The van der Waals surface area contributed by atoms with Gasteiger partial charge in [0, 0.05) is 71.5 Å². The van der Waals surface area contributed by atoms with Crippen LogP contribution in [0.15, 0.2) is 36.7 Å². The number of nitrogens with zero attached hydrogens (tertiary/aromatic N) is 3. The van der Waals surface area contributed by atoms with E-state index in [1.54, 1.807) is 6.20 Å². The molecule has 170 valence electrons. The smallest absolute Gasteiger partial charge is 0.142 e. The Morgan fingerprint density at radius 1 is 1.25 bits per heavy atom. The Hall–Kier alpha value is -2.51. The minimum Gasteiger partial charge on any atom is -0.381 e. The molecule has 5 rings (SSSR count). The molecule has 2 aliphatic heterocycles. The number of hydrogen-bond donors (Lipinski definition) is 1. The number of benzene rings is 1. The first kappa shape index (κ1) is 21.3. The third-order valence-corrected chi connectivity index (χ3v) is 8.90. The molecule has 2 aromatic heterocycles. The van der Waals surface area contributed by atoms with Crippen LogP contribution in [0.3, 0.4) is 0 Å². The maximum absolute atomic E-state index is 13.6. The molecule has 2 aliphatic rings. The number of fused-ring (bicyclic) bond motifs is 2. The molecule has 1 aromatic carbocycles. The Bertz CT molecular complexity index is 1260. The zero-order valence-electron chi connectivity index (χ0n) is 19.1. The molecule has 32 heavy (non-hydrogen) atoms. The second-order valence-electron chi connectivity index (χ2n) is 9.26. The first-order valence-electron chi connectivity index (χ1n) is 11.4. The number of rotatable bonds is 5. The van der Waals surface area contributed by atoms with Crippen molar-refractivity contribution in [3.8, 4) is 11.1 Å². The highest BCUT2D eigenvalue weighted by atomic mass is 32.2. The first-order chi connectivity index (χ1) is 15.3. The Morgan fingerprint density at radius 2 is 2.03 bits per heavy atom. The maximum Gasteiger partial charge on any atom is 0.142 e. The highest BCUT2D eigenvalue weighted by molar-refractivity contribution is 8.02. The molecule has 1 unspecified atom stereocenters. The van der Waals surface area contributed by atoms with E-state index in [4.69, 9.17) is 9.72 Å². The minimum absolute atomic E-state index is 0.00347. The summed E-state index contributed by atoms with van der Waals surface area (Å²) in [6.07, 6.45) is 6.59. The van der Waals surface area contributed by atoms with Crippen molar-refractivity contribution in [3.63, 3.8) is 0 Å². The summed E-state index contributed by atoms with van der Waals surface area (Å²) in [6, 6.07) is 8.90. The van der Waals surface area contributed by atoms with Crippen molar-refractivity contribution >= 4 is 38.0 Å². The van der Waals surface area contributed by atoms with E-state index in [0.717, 1.165) is 53.7 Å².